The number of hydrogen-bond acceptors (Lipinski definition) is 2. The molecule has 1 atom stereocenters. The normalized spacial score (nSPS) is 23.6. The summed E-state index contributed by atoms with van der Waals surface area (Å²) in [4.78, 5) is 0. The van der Waals surface area contributed by atoms with Crippen molar-refractivity contribution >= 4 is 15.9 Å². The molecule has 27 heavy (non-hydrogen) atoms. The van der Waals surface area contributed by atoms with Gasteiger partial charge in [0.1, 0.15) is 0 Å². The predicted molar refractivity (Wildman–Crippen MR) is 112 cm³/mol. The standard InChI is InChI=1S/C15H19BrN.C7H15NO.Y/c16-13-6-7-14-12(10-13)8-9-17-15(14)11-4-2-1-3-5-11;9-6-8-7-4-2-1-3-5-7;/h6-7,10-11,15H,1-5,8-9H2;7-9H,1-6H2;/q-1;;. The monoisotopic (exact) mass is 510 g/mol. The van der Waals surface area contributed by atoms with Crippen molar-refractivity contribution in [1.82, 2.24) is 5.32 Å². The van der Waals surface area contributed by atoms with Gasteiger partial charge in [-0.1, -0.05) is 84.8 Å². The van der Waals surface area contributed by atoms with Gasteiger partial charge < -0.3 is 10.4 Å². The van der Waals surface area contributed by atoms with E-state index in [4.69, 9.17) is 10.4 Å². The Bertz CT molecular complexity index is 542. The number of rotatable bonds is 3. The summed E-state index contributed by atoms with van der Waals surface area (Å²) in [5, 5.41) is 16.5. The smallest absolute Gasteiger partial charge is 0.0933 e. The molecule has 3 aliphatic rings. The molecule has 0 saturated heterocycles. The molecular weight excluding hydrogens is 477 g/mol. The number of aliphatic hydroxyl groups is 1. The van der Waals surface area contributed by atoms with Crippen molar-refractivity contribution in [2.45, 2.75) is 82.7 Å². The van der Waals surface area contributed by atoms with Gasteiger partial charge >= 0.3 is 0 Å². The first-order valence-corrected chi connectivity index (χ1v) is 11.4. The molecule has 0 amide bonds. The van der Waals surface area contributed by atoms with Crippen LogP contribution in [0.25, 0.3) is 5.32 Å². The van der Waals surface area contributed by atoms with Crippen LogP contribution in [-0.4, -0.2) is 24.4 Å². The van der Waals surface area contributed by atoms with E-state index in [1.165, 1.54) is 79.8 Å². The van der Waals surface area contributed by atoms with Crippen LogP contribution in [0, 0.1) is 5.92 Å². The van der Waals surface area contributed by atoms with E-state index in [0.717, 1.165) is 18.9 Å². The van der Waals surface area contributed by atoms with Gasteiger partial charge in [-0.25, -0.2) is 0 Å². The number of fused-ring (bicyclic) bond motifs is 1. The first-order chi connectivity index (χ1) is 12.8. The van der Waals surface area contributed by atoms with E-state index in [0.29, 0.717) is 12.1 Å². The van der Waals surface area contributed by atoms with Crippen molar-refractivity contribution in [1.29, 1.82) is 0 Å². The van der Waals surface area contributed by atoms with E-state index in [1.54, 1.807) is 0 Å². The largest absolute Gasteiger partial charge is 0.655 e. The van der Waals surface area contributed by atoms with Crippen molar-refractivity contribution in [3.8, 4) is 0 Å². The summed E-state index contributed by atoms with van der Waals surface area (Å²) in [7, 11) is 0. The van der Waals surface area contributed by atoms with Crippen LogP contribution in [0.15, 0.2) is 22.7 Å². The molecule has 0 bridgehead atoms. The van der Waals surface area contributed by atoms with Crippen molar-refractivity contribution in [3.05, 3.63) is 39.1 Å². The summed E-state index contributed by atoms with van der Waals surface area (Å²) in [6.45, 7) is 1.16. The van der Waals surface area contributed by atoms with Crippen LogP contribution in [-0.2, 0) is 39.1 Å². The number of nitrogens with one attached hydrogen (secondary N) is 1. The summed E-state index contributed by atoms with van der Waals surface area (Å²) in [6.07, 6.45) is 14.7. The minimum absolute atomic E-state index is 0. The Morgan fingerprint density at radius 1 is 1.00 bits per heavy atom. The fourth-order valence-corrected chi connectivity index (χ4v) is 5.20. The second kappa shape index (κ2) is 13.1. The zero-order chi connectivity index (χ0) is 18.2. The van der Waals surface area contributed by atoms with Crippen molar-refractivity contribution < 1.29 is 37.8 Å². The van der Waals surface area contributed by atoms with Crippen LogP contribution in [0.5, 0.6) is 0 Å². The molecule has 1 aromatic rings. The molecule has 1 heterocycles. The molecule has 0 aromatic heterocycles. The molecule has 2 fully saturated rings. The Morgan fingerprint density at radius 2 is 1.67 bits per heavy atom. The van der Waals surface area contributed by atoms with Crippen molar-refractivity contribution in [2.24, 2.45) is 5.92 Å². The van der Waals surface area contributed by atoms with Crippen LogP contribution in [0.3, 0.4) is 0 Å². The van der Waals surface area contributed by atoms with Gasteiger partial charge in [0.2, 0.25) is 0 Å². The molecular formula is C22H34BrN2OY-. The summed E-state index contributed by atoms with van der Waals surface area (Å²) in [5.41, 5.74) is 3.02. The maximum atomic E-state index is 8.51. The van der Waals surface area contributed by atoms with Gasteiger partial charge in [0.25, 0.3) is 0 Å². The van der Waals surface area contributed by atoms with E-state index >= 15 is 0 Å². The quantitative estimate of drug-likeness (QED) is 0.500. The molecule has 5 heteroatoms. The third kappa shape index (κ3) is 7.46. The van der Waals surface area contributed by atoms with Crippen LogP contribution >= 0.6 is 15.9 Å². The van der Waals surface area contributed by atoms with Crippen LogP contribution in [0.4, 0.5) is 0 Å². The minimum atomic E-state index is 0. The van der Waals surface area contributed by atoms with Gasteiger partial charge in [-0.05, 0) is 37.0 Å². The SMILES string of the molecule is Brc1ccc2c(c1)CC[N-]C2C1CCCCC1.OCNC1CCCCC1.[Y]. The topological polar surface area (TPSA) is 46.4 Å². The van der Waals surface area contributed by atoms with Gasteiger partial charge in [0.15, 0.2) is 0 Å². The number of hydrogen-bond donors (Lipinski definition) is 2. The third-order valence-corrected chi connectivity index (χ3v) is 6.71. The number of aliphatic hydroxyl groups excluding tert-OH is 1. The van der Waals surface area contributed by atoms with Crippen molar-refractivity contribution in [3.63, 3.8) is 0 Å². The van der Waals surface area contributed by atoms with Crippen LogP contribution in [0.1, 0.15) is 81.4 Å². The summed E-state index contributed by atoms with van der Waals surface area (Å²) in [6, 6.07) is 7.85. The Balaban J connectivity index is 0.000000224. The minimum Gasteiger partial charge on any atom is -0.655 e. The van der Waals surface area contributed by atoms with E-state index in [-0.39, 0.29) is 39.4 Å². The van der Waals surface area contributed by atoms with E-state index in [2.05, 4.69) is 39.4 Å². The molecule has 4 rings (SSSR count). The molecule has 1 radical (unpaired) electrons. The zero-order valence-corrected chi connectivity index (χ0v) is 20.9. The maximum absolute atomic E-state index is 8.51. The Morgan fingerprint density at radius 3 is 2.33 bits per heavy atom. The summed E-state index contributed by atoms with van der Waals surface area (Å²) >= 11 is 3.58. The fraction of sp³-hybridized carbons (Fsp3) is 0.727. The predicted octanol–water partition coefficient (Wildman–Crippen LogP) is 5.86. The van der Waals surface area contributed by atoms with Gasteiger partial charge in [-0.15, -0.1) is 12.6 Å². The zero-order valence-electron chi connectivity index (χ0n) is 16.5. The third-order valence-electron chi connectivity index (χ3n) is 6.21. The van der Waals surface area contributed by atoms with E-state index in [9.17, 15) is 0 Å². The second-order valence-electron chi connectivity index (χ2n) is 8.04. The fourth-order valence-electron chi connectivity index (χ4n) is 4.79. The number of benzene rings is 1. The van der Waals surface area contributed by atoms with Crippen molar-refractivity contribution in [2.75, 3.05) is 13.3 Å². The molecule has 3 nitrogen and oxygen atoms in total. The molecule has 0 spiro atoms. The first kappa shape index (κ1) is 24.0. The molecule has 1 unspecified atom stereocenters. The van der Waals surface area contributed by atoms with Crippen LogP contribution in [0.2, 0.25) is 0 Å². The number of nitrogens with zero attached hydrogens (tertiary/aromatic N) is 1. The summed E-state index contributed by atoms with van der Waals surface area (Å²) < 4.78 is 1.21. The van der Waals surface area contributed by atoms with Crippen LogP contribution < -0.4 is 5.32 Å². The first-order valence-electron chi connectivity index (χ1n) is 10.6. The molecule has 2 aliphatic carbocycles. The van der Waals surface area contributed by atoms with Gasteiger partial charge in [-0.2, -0.15) is 0 Å². The van der Waals surface area contributed by atoms with E-state index < -0.39 is 0 Å². The summed E-state index contributed by atoms with van der Waals surface area (Å²) in [5.74, 6) is 0.809. The molecule has 2 N–H and O–H groups in total. The molecule has 1 aromatic carbocycles. The van der Waals surface area contributed by atoms with E-state index in [1.807, 2.05) is 0 Å². The molecule has 149 valence electrons. The Hall–Kier alpha value is 0.684. The van der Waals surface area contributed by atoms with Gasteiger partial charge in [-0.3, -0.25) is 5.32 Å². The molecule has 1 aliphatic heterocycles. The molecule has 2 saturated carbocycles. The van der Waals surface area contributed by atoms with Gasteiger partial charge in [0.05, 0.1) is 6.73 Å². The average molecular weight is 511 g/mol. The Kier molecular flexibility index (Phi) is 11.6. The average Bonchev–Trinajstić information content (AvgIpc) is 2.69. The van der Waals surface area contributed by atoms with Gasteiger partial charge in [0, 0.05) is 43.2 Å². The Labute approximate surface area is 198 Å². The number of halogens is 1. The second-order valence-corrected chi connectivity index (χ2v) is 8.96. The maximum Gasteiger partial charge on any atom is 0.0933 e.